The van der Waals surface area contributed by atoms with Gasteiger partial charge in [-0.3, -0.25) is 0 Å². The van der Waals surface area contributed by atoms with Crippen molar-refractivity contribution in [1.82, 2.24) is 19.9 Å². The Hall–Kier alpha value is -2.84. The lowest BCUT2D eigenvalue weighted by Gasteiger charge is -2.13. The minimum absolute atomic E-state index is 0.503. The first-order chi connectivity index (χ1) is 13.0. The summed E-state index contributed by atoms with van der Waals surface area (Å²) in [5.74, 6) is 1.73. The van der Waals surface area contributed by atoms with E-state index in [1.54, 1.807) is 0 Å². The zero-order valence-electron chi connectivity index (χ0n) is 15.3. The van der Waals surface area contributed by atoms with E-state index in [0.29, 0.717) is 9.54 Å². The van der Waals surface area contributed by atoms with E-state index in [0.717, 1.165) is 33.4 Å². The van der Waals surface area contributed by atoms with Crippen LogP contribution in [-0.4, -0.2) is 41.1 Å². The SMILES string of the molecule is CN(C)c1nc(=S)[nH]c2ccccc12.CNc1nc(=S)[nH]c2ccccc12. The van der Waals surface area contributed by atoms with Crippen LogP contribution in [0, 0.1) is 9.54 Å². The molecule has 0 spiro atoms. The topological polar surface area (TPSA) is 72.6 Å². The lowest BCUT2D eigenvalue weighted by atomic mass is 10.2. The maximum Gasteiger partial charge on any atom is 0.199 e. The van der Waals surface area contributed by atoms with Crippen molar-refractivity contribution in [2.24, 2.45) is 0 Å². The number of aromatic nitrogens is 4. The van der Waals surface area contributed by atoms with Crippen molar-refractivity contribution in [3.8, 4) is 0 Å². The molecule has 0 aliphatic rings. The summed E-state index contributed by atoms with van der Waals surface area (Å²) in [7, 11) is 5.76. The van der Waals surface area contributed by atoms with Gasteiger partial charge >= 0.3 is 0 Å². The lowest BCUT2D eigenvalue weighted by Crippen LogP contribution is -2.11. The molecule has 0 atom stereocenters. The Kier molecular flexibility index (Phi) is 5.78. The molecule has 0 fully saturated rings. The third kappa shape index (κ3) is 4.29. The van der Waals surface area contributed by atoms with Crippen LogP contribution in [0.3, 0.4) is 0 Å². The van der Waals surface area contributed by atoms with Crippen LogP contribution in [-0.2, 0) is 0 Å². The van der Waals surface area contributed by atoms with Crippen molar-refractivity contribution in [1.29, 1.82) is 0 Å². The van der Waals surface area contributed by atoms with Gasteiger partial charge in [0.2, 0.25) is 0 Å². The Morgan fingerprint density at radius 3 is 1.93 bits per heavy atom. The monoisotopic (exact) mass is 396 g/mol. The number of anilines is 2. The summed E-state index contributed by atoms with van der Waals surface area (Å²) in [6.45, 7) is 0. The van der Waals surface area contributed by atoms with Crippen molar-refractivity contribution in [3.63, 3.8) is 0 Å². The van der Waals surface area contributed by atoms with Gasteiger partial charge < -0.3 is 20.2 Å². The number of hydrogen-bond acceptors (Lipinski definition) is 6. The molecule has 0 bridgehead atoms. The van der Waals surface area contributed by atoms with Crippen LogP contribution >= 0.6 is 24.4 Å². The molecule has 0 radical (unpaired) electrons. The molecular formula is C19H20N6S2. The van der Waals surface area contributed by atoms with Gasteiger partial charge in [-0.2, -0.15) is 0 Å². The number of para-hydroxylation sites is 2. The summed E-state index contributed by atoms with van der Waals surface area (Å²) in [6.07, 6.45) is 0. The van der Waals surface area contributed by atoms with E-state index in [1.165, 1.54) is 0 Å². The summed E-state index contributed by atoms with van der Waals surface area (Å²) in [5.41, 5.74) is 2.03. The predicted octanol–water partition coefficient (Wildman–Crippen LogP) is 4.69. The Balaban J connectivity index is 0.000000156. The van der Waals surface area contributed by atoms with E-state index in [4.69, 9.17) is 24.4 Å². The summed E-state index contributed by atoms with van der Waals surface area (Å²) < 4.78 is 1.02. The van der Waals surface area contributed by atoms with Crippen LogP contribution in [0.5, 0.6) is 0 Å². The normalized spacial score (nSPS) is 10.3. The van der Waals surface area contributed by atoms with E-state index >= 15 is 0 Å². The smallest absolute Gasteiger partial charge is 0.199 e. The fourth-order valence-corrected chi connectivity index (χ4v) is 3.12. The highest BCUT2D eigenvalue weighted by atomic mass is 32.1. The van der Waals surface area contributed by atoms with Crippen LogP contribution in [0.1, 0.15) is 0 Å². The second kappa shape index (κ2) is 8.24. The average molecular weight is 397 g/mol. The van der Waals surface area contributed by atoms with E-state index in [9.17, 15) is 0 Å². The number of rotatable bonds is 2. The molecule has 138 valence electrons. The van der Waals surface area contributed by atoms with Gasteiger partial charge in [-0.05, 0) is 48.7 Å². The maximum atomic E-state index is 5.05. The molecule has 6 nitrogen and oxygen atoms in total. The quantitative estimate of drug-likeness (QED) is 0.427. The van der Waals surface area contributed by atoms with Crippen molar-refractivity contribution >= 4 is 57.9 Å². The Morgan fingerprint density at radius 1 is 0.815 bits per heavy atom. The fourth-order valence-electron chi connectivity index (χ4n) is 2.72. The highest BCUT2D eigenvalue weighted by Crippen LogP contribution is 2.20. The summed E-state index contributed by atoms with van der Waals surface area (Å²) in [5, 5.41) is 5.16. The zero-order chi connectivity index (χ0) is 19.4. The first kappa shape index (κ1) is 18.9. The van der Waals surface area contributed by atoms with E-state index < -0.39 is 0 Å². The molecule has 0 unspecified atom stereocenters. The molecule has 2 heterocycles. The summed E-state index contributed by atoms with van der Waals surface area (Å²) >= 11 is 10.0. The van der Waals surface area contributed by atoms with E-state index in [-0.39, 0.29) is 0 Å². The number of hydrogen-bond donors (Lipinski definition) is 3. The third-order valence-corrected chi connectivity index (χ3v) is 4.30. The van der Waals surface area contributed by atoms with E-state index in [1.807, 2.05) is 74.6 Å². The minimum atomic E-state index is 0.503. The largest absolute Gasteiger partial charge is 0.372 e. The van der Waals surface area contributed by atoms with E-state index in [2.05, 4.69) is 25.3 Å². The molecule has 0 amide bonds. The maximum absolute atomic E-state index is 5.05. The second-order valence-electron chi connectivity index (χ2n) is 5.99. The Labute approximate surface area is 167 Å². The summed E-state index contributed by atoms with van der Waals surface area (Å²) in [6, 6.07) is 15.9. The highest BCUT2D eigenvalue weighted by molar-refractivity contribution is 7.71. The van der Waals surface area contributed by atoms with Gasteiger partial charge in [-0.1, -0.05) is 24.3 Å². The van der Waals surface area contributed by atoms with Gasteiger partial charge in [-0.25, -0.2) is 9.97 Å². The summed E-state index contributed by atoms with van der Waals surface area (Å²) in [4.78, 5) is 16.5. The van der Waals surface area contributed by atoms with Crippen LogP contribution in [0.4, 0.5) is 11.6 Å². The number of aromatic amines is 2. The zero-order valence-corrected chi connectivity index (χ0v) is 16.9. The molecule has 4 aromatic rings. The molecule has 0 saturated heterocycles. The van der Waals surface area contributed by atoms with Crippen LogP contribution < -0.4 is 10.2 Å². The molecule has 27 heavy (non-hydrogen) atoms. The lowest BCUT2D eigenvalue weighted by molar-refractivity contribution is 1.05. The second-order valence-corrected chi connectivity index (χ2v) is 6.77. The highest BCUT2D eigenvalue weighted by Gasteiger charge is 2.04. The standard InChI is InChI=1S/C10H11N3S.C9H9N3S/c1-13(2)9-7-5-3-4-6-8(7)11-10(14)12-9;1-10-8-6-4-2-3-5-7(6)11-9(13)12-8/h3-6H,1-2H3,(H,11,12,14);2-5H,1H3,(H2,10,11,12,13). The molecule has 0 aliphatic carbocycles. The van der Waals surface area contributed by atoms with Crippen molar-refractivity contribution < 1.29 is 0 Å². The molecular weight excluding hydrogens is 376 g/mol. The Morgan fingerprint density at radius 2 is 1.33 bits per heavy atom. The molecule has 4 rings (SSSR count). The Bertz CT molecular complexity index is 1200. The fraction of sp³-hybridized carbons (Fsp3) is 0.158. The molecule has 0 saturated carbocycles. The first-order valence-electron chi connectivity index (χ1n) is 8.33. The van der Waals surface area contributed by atoms with Crippen molar-refractivity contribution in [2.75, 3.05) is 31.4 Å². The van der Waals surface area contributed by atoms with Gasteiger partial charge in [0.1, 0.15) is 11.6 Å². The van der Waals surface area contributed by atoms with Gasteiger partial charge in [0.05, 0.1) is 11.0 Å². The molecule has 3 N–H and O–H groups in total. The number of nitrogens with zero attached hydrogens (tertiary/aromatic N) is 3. The van der Waals surface area contributed by atoms with Gasteiger partial charge in [0, 0.05) is 31.9 Å². The van der Waals surface area contributed by atoms with Crippen molar-refractivity contribution in [3.05, 3.63) is 58.1 Å². The number of nitrogens with one attached hydrogen (secondary N) is 3. The number of H-pyrrole nitrogens is 2. The number of fused-ring (bicyclic) bond motifs is 2. The van der Waals surface area contributed by atoms with Crippen LogP contribution in [0.2, 0.25) is 0 Å². The molecule has 8 heteroatoms. The van der Waals surface area contributed by atoms with Crippen molar-refractivity contribution in [2.45, 2.75) is 0 Å². The number of benzene rings is 2. The first-order valence-corrected chi connectivity index (χ1v) is 9.14. The molecule has 0 aliphatic heterocycles. The van der Waals surface area contributed by atoms with Gasteiger partial charge in [0.25, 0.3) is 0 Å². The van der Waals surface area contributed by atoms with Gasteiger partial charge in [0.15, 0.2) is 9.54 Å². The third-order valence-electron chi connectivity index (χ3n) is 3.91. The van der Waals surface area contributed by atoms with Crippen LogP contribution in [0.15, 0.2) is 48.5 Å². The van der Waals surface area contributed by atoms with Crippen LogP contribution in [0.25, 0.3) is 21.8 Å². The van der Waals surface area contributed by atoms with Gasteiger partial charge in [-0.15, -0.1) is 0 Å². The predicted molar refractivity (Wildman–Crippen MR) is 118 cm³/mol. The minimum Gasteiger partial charge on any atom is -0.372 e. The molecule has 2 aromatic carbocycles. The molecule has 2 aromatic heterocycles. The average Bonchev–Trinajstić information content (AvgIpc) is 2.67.